The summed E-state index contributed by atoms with van der Waals surface area (Å²) in [7, 11) is 0. The van der Waals surface area contributed by atoms with Gasteiger partial charge in [0.2, 0.25) is 0 Å². The molecule has 1 aliphatic heterocycles. The van der Waals surface area contributed by atoms with Crippen molar-refractivity contribution in [3.05, 3.63) is 52.5 Å². The topological polar surface area (TPSA) is 24.9 Å². The highest BCUT2D eigenvalue weighted by Crippen LogP contribution is 2.49. The quantitative estimate of drug-likeness (QED) is 0.674. The molecule has 2 aromatic carbocycles. The van der Waals surface area contributed by atoms with Crippen LogP contribution in [0.2, 0.25) is 0 Å². The van der Waals surface area contributed by atoms with Crippen LogP contribution in [0.4, 0.5) is 5.69 Å². The number of thiazole rings is 1. The molecular weight excluding hydrogens is 284 g/mol. The number of aromatic nitrogens is 1. The molecule has 0 spiro atoms. The number of aryl methyl sites for hydroxylation is 2. The SMILES string of the molecule is Cc1cc(C)c2c(c1)SC(c1nc3ccccc3s1)N2. The molecule has 0 saturated carbocycles. The van der Waals surface area contributed by atoms with E-state index in [1.165, 1.54) is 26.4 Å². The maximum Gasteiger partial charge on any atom is 0.130 e. The fraction of sp³-hybridized carbons (Fsp3) is 0.188. The molecule has 1 aromatic heterocycles. The van der Waals surface area contributed by atoms with Crippen LogP contribution in [0.3, 0.4) is 0 Å². The first-order chi connectivity index (χ1) is 9.70. The molecule has 4 rings (SSSR count). The van der Waals surface area contributed by atoms with Crippen molar-refractivity contribution in [2.45, 2.75) is 24.1 Å². The first-order valence-electron chi connectivity index (χ1n) is 6.60. The molecule has 0 aliphatic carbocycles. The average Bonchev–Trinajstić information content (AvgIpc) is 3.01. The first-order valence-corrected chi connectivity index (χ1v) is 8.30. The zero-order valence-electron chi connectivity index (χ0n) is 11.3. The minimum absolute atomic E-state index is 0.239. The van der Waals surface area contributed by atoms with Crippen molar-refractivity contribution in [2.24, 2.45) is 0 Å². The highest BCUT2D eigenvalue weighted by Gasteiger charge is 2.26. The van der Waals surface area contributed by atoms with Gasteiger partial charge < -0.3 is 5.32 Å². The summed E-state index contributed by atoms with van der Waals surface area (Å²) in [6.07, 6.45) is 0. The second-order valence-corrected chi connectivity index (χ2v) is 7.33. The number of thioether (sulfide) groups is 1. The van der Waals surface area contributed by atoms with E-state index >= 15 is 0 Å². The van der Waals surface area contributed by atoms with Gasteiger partial charge in [0.15, 0.2) is 0 Å². The molecule has 1 N–H and O–H groups in total. The number of nitrogens with one attached hydrogen (secondary N) is 1. The Hall–Kier alpha value is -1.52. The van der Waals surface area contributed by atoms with Crippen molar-refractivity contribution >= 4 is 39.0 Å². The Labute approximate surface area is 126 Å². The zero-order chi connectivity index (χ0) is 13.7. The number of hydrogen-bond donors (Lipinski definition) is 1. The van der Waals surface area contributed by atoms with E-state index in [9.17, 15) is 0 Å². The van der Waals surface area contributed by atoms with Crippen LogP contribution in [0, 0.1) is 13.8 Å². The van der Waals surface area contributed by atoms with Gasteiger partial charge >= 0.3 is 0 Å². The van der Waals surface area contributed by atoms with Crippen LogP contribution in [0.1, 0.15) is 21.5 Å². The normalized spacial score (nSPS) is 17.2. The fourth-order valence-corrected chi connectivity index (χ4v) is 4.97. The van der Waals surface area contributed by atoms with Crippen molar-refractivity contribution < 1.29 is 0 Å². The Morgan fingerprint density at radius 2 is 2.00 bits per heavy atom. The lowest BCUT2D eigenvalue weighted by atomic mass is 10.1. The minimum atomic E-state index is 0.239. The lowest BCUT2D eigenvalue weighted by Gasteiger charge is -2.07. The van der Waals surface area contributed by atoms with Gasteiger partial charge in [-0.25, -0.2) is 4.98 Å². The lowest BCUT2D eigenvalue weighted by molar-refractivity contribution is 1.10. The maximum absolute atomic E-state index is 4.77. The molecule has 100 valence electrons. The Morgan fingerprint density at radius 1 is 1.15 bits per heavy atom. The van der Waals surface area contributed by atoms with E-state index in [0.29, 0.717) is 0 Å². The van der Waals surface area contributed by atoms with Gasteiger partial charge in [-0.3, -0.25) is 0 Å². The van der Waals surface area contributed by atoms with Crippen molar-refractivity contribution in [1.82, 2.24) is 4.98 Å². The Kier molecular flexibility index (Phi) is 2.75. The van der Waals surface area contributed by atoms with E-state index in [-0.39, 0.29) is 5.37 Å². The zero-order valence-corrected chi connectivity index (χ0v) is 12.9. The molecule has 1 aliphatic rings. The smallest absolute Gasteiger partial charge is 0.130 e. The molecule has 1 atom stereocenters. The molecular formula is C16H14N2S2. The standard InChI is InChI=1S/C16H14N2S2/c1-9-7-10(2)14-13(8-9)20-16(18-14)15-17-11-5-3-4-6-12(11)19-15/h3-8,16,18H,1-2H3. The van der Waals surface area contributed by atoms with Crippen LogP contribution in [0.15, 0.2) is 41.3 Å². The molecule has 0 saturated heterocycles. The number of benzene rings is 2. The molecule has 0 radical (unpaired) electrons. The Balaban J connectivity index is 1.74. The number of fused-ring (bicyclic) bond motifs is 2. The van der Waals surface area contributed by atoms with E-state index in [1.807, 2.05) is 17.8 Å². The number of para-hydroxylation sites is 1. The Bertz CT molecular complexity index is 774. The predicted molar refractivity (Wildman–Crippen MR) is 87.8 cm³/mol. The molecule has 0 amide bonds. The van der Waals surface area contributed by atoms with Gasteiger partial charge in [0.25, 0.3) is 0 Å². The number of nitrogens with zero attached hydrogens (tertiary/aromatic N) is 1. The molecule has 4 heteroatoms. The van der Waals surface area contributed by atoms with Crippen LogP contribution < -0.4 is 5.32 Å². The van der Waals surface area contributed by atoms with Gasteiger partial charge in [-0.2, -0.15) is 0 Å². The summed E-state index contributed by atoms with van der Waals surface area (Å²) < 4.78 is 1.26. The van der Waals surface area contributed by atoms with Crippen LogP contribution in [-0.2, 0) is 0 Å². The van der Waals surface area contributed by atoms with Gasteiger partial charge in [-0.05, 0) is 43.2 Å². The van der Waals surface area contributed by atoms with Crippen LogP contribution in [-0.4, -0.2) is 4.98 Å². The molecule has 2 heterocycles. The van der Waals surface area contributed by atoms with Gasteiger partial charge in [-0.1, -0.05) is 30.0 Å². The first kappa shape index (κ1) is 12.2. The Morgan fingerprint density at radius 3 is 2.85 bits per heavy atom. The summed E-state index contributed by atoms with van der Waals surface area (Å²) in [5.74, 6) is 0. The van der Waals surface area contributed by atoms with Crippen molar-refractivity contribution in [1.29, 1.82) is 0 Å². The molecule has 20 heavy (non-hydrogen) atoms. The number of rotatable bonds is 1. The van der Waals surface area contributed by atoms with Crippen molar-refractivity contribution in [3.63, 3.8) is 0 Å². The van der Waals surface area contributed by atoms with Gasteiger partial charge in [0, 0.05) is 4.90 Å². The summed E-state index contributed by atoms with van der Waals surface area (Å²) in [4.78, 5) is 6.10. The second kappa shape index (κ2) is 4.50. The van der Waals surface area contributed by atoms with E-state index in [4.69, 9.17) is 4.98 Å². The molecule has 3 aromatic rings. The van der Waals surface area contributed by atoms with Crippen LogP contribution >= 0.6 is 23.1 Å². The fourth-order valence-electron chi connectivity index (χ4n) is 2.61. The third kappa shape index (κ3) is 1.91. The summed E-state index contributed by atoms with van der Waals surface area (Å²) >= 11 is 3.65. The van der Waals surface area contributed by atoms with E-state index in [1.54, 1.807) is 11.3 Å². The summed E-state index contributed by atoms with van der Waals surface area (Å²) in [6, 6.07) is 12.8. The van der Waals surface area contributed by atoms with E-state index in [0.717, 1.165) is 10.5 Å². The van der Waals surface area contributed by atoms with Crippen molar-refractivity contribution in [3.8, 4) is 0 Å². The molecule has 1 unspecified atom stereocenters. The van der Waals surface area contributed by atoms with Crippen LogP contribution in [0.5, 0.6) is 0 Å². The maximum atomic E-state index is 4.77. The lowest BCUT2D eigenvalue weighted by Crippen LogP contribution is -2.01. The van der Waals surface area contributed by atoms with Gasteiger partial charge in [-0.15, -0.1) is 11.3 Å². The summed E-state index contributed by atoms with van der Waals surface area (Å²) in [6.45, 7) is 4.32. The predicted octanol–water partition coefficient (Wildman–Crippen LogP) is 5.13. The molecule has 2 nitrogen and oxygen atoms in total. The van der Waals surface area contributed by atoms with Crippen LogP contribution in [0.25, 0.3) is 10.2 Å². The highest BCUT2D eigenvalue weighted by molar-refractivity contribution is 8.00. The third-order valence-corrected chi connectivity index (χ3v) is 5.90. The number of hydrogen-bond acceptors (Lipinski definition) is 4. The molecule has 0 bridgehead atoms. The number of anilines is 1. The monoisotopic (exact) mass is 298 g/mol. The average molecular weight is 298 g/mol. The van der Waals surface area contributed by atoms with E-state index in [2.05, 4.69) is 49.5 Å². The summed E-state index contributed by atoms with van der Waals surface area (Å²) in [5, 5.41) is 5.01. The second-order valence-electron chi connectivity index (χ2n) is 5.12. The van der Waals surface area contributed by atoms with Gasteiger partial charge in [0.05, 0.1) is 15.9 Å². The highest BCUT2D eigenvalue weighted by atomic mass is 32.2. The van der Waals surface area contributed by atoms with Crippen molar-refractivity contribution in [2.75, 3.05) is 5.32 Å². The third-order valence-electron chi connectivity index (χ3n) is 3.50. The molecule has 0 fully saturated rings. The largest absolute Gasteiger partial charge is 0.366 e. The van der Waals surface area contributed by atoms with Gasteiger partial charge in [0.1, 0.15) is 10.4 Å². The summed E-state index contributed by atoms with van der Waals surface area (Å²) in [5.41, 5.74) is 5.00. The van der Waals surface area contributed by atoms with E-state index < -0.39 is 0 Å². The minimum Gasteiger partial charge on any atom is -0.366 e.